The zero-order chi connectivity index (χ0) is 18.8. The van der Waals surface area contributed by atoms with E-state index in [1.165, 1.54) is 0 Å². The van der Waals surface area contributed by atoms with E-state index in [0.717, 1.165) is 5.75 Å². The molecule has 0 saturated heterocycles. The Morgan fingerprint density at radius 2 is 1.75 bits per heavy atom. The molecule has 8 heteroatoms. The molecule has 0 aliphatic heterocycles. The summed E-state index contributed by atoms with van der Waals surface area (Å²) in [7, 11) is 0. The Morgan fingerprint density at radius 3 is 2.25 bits per heavy atom. The number of hydrogen-bond acceptors (Lipinski definition) is 5. The Morgan fingerprint density at radius 1 is 1.12 bits per heavy atom. The molecule has 0 aromatic heterocycles. The summed E-state index contributed by atoms with van der Waals surface area (Å²) >= 11 is 1.67. The van der Waals surface area contributed by atoms with Crippen LogP contribution in [0.25, 0.3) is 0 Å². The standard InChI is InChI=1S/C16H31N3O4S/c1-11(2)17-9-14(21)18-8-12(15(22)23)19-13(20)6-7-24-10-16(3,4)5/h11-12,17H,6-10H2,1-5H3,(H,18,21)(H,19,20)(H,22,23)/t12-/m1/s1. The normalized spacial score (nSPS) is 12.8. The fourth-order valence-electron chi connectivity index (χ4n) is 1.59. The number of aliphatic carboxylic acids is 1. The molecule has 0 heterocycles. The van der Waals surface area contributed by atoms with Crippen molar-refractivity contribution in [2.24, 2.45) is 5.41 Å². The van der Waals surface area contributed by atoms with Crippen molar-refractivity contribution in [1.29, 1.82) is 0 Å². The first kappa shape index (κ1) is 22.7. The van der Waals surface area contributed by atoms with Gasteiger partial charge in [0.1, 0.15) is 6.04 Å². The number of nitrogens with one attached hydrogen (secondary N) is 3. The Hall–Kier alpha value is -1.28. The molecular formula is C16H31N3O4S. The second-order valence-corrected chi connectivity index (χ2v) is 8.27. The van der Waals surface area contributed by atoms with E-state index in [4.69, 9.17) is 5.11 Å². The van der Waals surface area contributed by atoms with Gasteiger partial charge >= 0.3 is 5.97 Å². The van der Waals surface area contributed by atoms with Gasteiger partial charge in [-0.15, -0.1) is 0 Å². The average Bonchev–Trinajstić information content (AvgIpc) is 2.44. The largest absolute Gasteiger partial charge is 0.480 e. The third-order valence-electron chi connectivity index (χ3n) is 2.82. The van der Waals surface area contributed by atoms with Crippen LogP contribution in [0.5, 0.6) is 0 Å². The Balaban J connectivity index is 4.12. The molecule has 0 aliphatic rings. The lowest BCUT2D eigenvalue weighted by Crippen LogP contribution is -2.50. The summed E-state index contributed by atoms with van der Waals surface area (Å²) in [6, 6.07) is -0.954. The number of rotatable bonds is 11. The number of amides is 2. The second kappa shape index (κ2) is 11.3. The van der Waals surface area contributed by atoms with E-state index < -0.39 is 12.0 Å². The predicted molar refractivity (Wildman–Crippen MR) is 97.1 cm³/mol. The van der Waals surface area contributed by atoms with Gasteiger partial charge in [-0.25, -0.2) is 4.79 Å². The van der Waals surface area contributed by atoms with Gasteiger partial charge in [0, 0.05) is 24.8 Å². The van der Waals surface area contributed by atoms with Crippen molar-refractivity contribution < 1.29 is 19.5 Å². The highest BCUT2D eigenvalue weighted by Gasteiger charge is 2.20. The van der Waals surface area contributed by atoms with Crippen molar-refractivity contribution in [1.82, 2.24) is 16.0 Å². The van der Waals surface area contributed by atoms with E-state index in [1.54, 1.807) is 11.8 Å². The van der Waals surface area contributed by atoms with Crippen LogP contribution in [0.15, 0.2) is 0 Å². The average molecular weight is 362 g/mol. The third-order valence-corrected chi connectivity index (χ3v) is 4.38. The van der Waals surface area contributed by atoms with Crippen LogP contribution < -0.4 is 16.0 Å². The minimum Gasteiger partial charge on any atom is -0.480 e. The summed E-state index contributed by atoms with van der Waals surface area (Å²) in [6.07, 6.45) is 0.257. The monoisotopic (exact) mass is 361 g/mol. The molecule has 0 fully saturated rings. The third kappa shape index (κ3) is 13.2. The Kier molecular flexibility index (Phi) is 10.7. The predicted octanol–water partition coefficient (Wildman–Crippen LogP) is 0.839. The number of hydrogen-bond donors (Lipinski definition) is 4. The molecule has 1 atom stereocenters. The lowest BCUT2D eigenvalue weighted by molar-refractivity contribution is -0.141. The molecule has 0 rings (SSSR count). The fraction of sp³-hybridized carbons (Fsp3) is 0.812. The van der Waals surface area contributed by atoms with Crippen LogP contribution in [0, 0.1) is 5.41 Å². The van der Waals surface area contributed by atoms with Crippen LogP contribution in [0.1, 0.15) is 41.0 Å². The molecule has 0 aromatic rings. The molecule has 2 amide bonds. The SMILES string of the molecule is CC(C)NCC(=O)NC[C@@H](NC(=O)CCSCC(C)(C)C)C(=O)O. The summed E-state index contributed by atoms with van der Waals surface area (Å²) < 4.78 is 0. The first-order valence-corrected chi connectivity index (χ1v) is 9.26. The number of carboxylic acids is 1. The summed E-state index contributed by atoms with van der Waals surface area (Å²) in [5.41, 5.74) is 0.193. The Bertz CT molecular complexity index is 422. The smallest absolute Gasteiger partial charge is 0.328 e. The van der Waals surface area contributed by atoms with Gasteiger partial charge in [-0.1, -0.05) is 34.6 Å². The molecule has 0 unspecified atom stereocenters. The fourth-order valence-corrected chi connectivity index (χ4v) is 2.67. The summed E-state index contributed by atoms with van der Waals surface area (Å²) in [5, 5.41) is 17.0. The highest BCUT2D eigenvalue weighted by molar-refractivity contribution is 7.99. The molecule has 4 N–H and O–H groups in total. The van der Waals surface area contributed by atoms with Crippen molar-refractivity contribution in [2.45, 2.75) is 53.1 Å². The molecule has 0 aromatic carbocycles. The Labute approximate surface area is 148 Å². The van der Waals surface area contributed by atoms with Gasteiger partial charge in [0.05, 0.1) is 6.54 Å². The zero-order valence-electron chi connectivity index (χ0n) is 15.3. The van der Waals surface area contributed by atoms with Crippen molar-refractivity contribution in [3.63, 3.8) is 0 Å². The van der Waals surface area contributed by atoms with Gasteiger partial charge in [-0.3, -0.25) is 9.59 Å². The first-order valence-electron chi connectivity index (χ1n) is 8.11. The van der Waals surface area contributed by atoms with E-state index in [2.05, 4.69) is 36.7 Å². The highest BCUT2D eigenvalue weighted by Crippen LogP contribution is 2.20. The first-order chi connectivity index (χ1) is 11.0. The van der Waals surface area contributed by atoms with Gasteiger partial charge in [0.2, 0.25) is 11.8 Å². The molecule has 0 bridgehead atoms. The van der Waals surface area contributed by atoms with E-state index in [1.807, 2.05) is 13.8 Å². The van der Waals surface area contributed by atoms with Crippen LogP contribution in [0.3, 0.4) is 0 Å². The minimum atomic E-state index is -1.16. The van der Waals surface area contributed by atoms with Gasteiger partial charge < -0.3 is 21.1 Å². The minimum absolute atomic E-state index is 0.112. The summed E-state index contributed by atoms with van der Waals surface area (Å²) in [4.78, 5) is 34.6. The molecule has 0 radical (unpaired) electrons. The van der Waals surface area contributed by atoms with Crippen LogP contribution in [-0.2, 0) is 14.4 Å². The van der Waals surface area contributed by atoms with Crippen molar-refractivity contribution in [3.8, 4) is 0 Å². The van der Waals surface area contributed by atoms with Crippen LogP contribution >= 0.6 is 11.8 Å². The summed E-state index contributed by atoms with van der Waals surface area (Å²) in [5.74, 6) is -0.215. The van der Waals surface area contributed by atoms with Crippen molar-refractivity contribution >= 4 is 29.5 Å². The quantitative estimate of drug-likeness (QED) is 0.406. The van der Waals surface area contributed by atoms with E-state index >= 15 is 0 Å². The van der Waals surface area contributed by atoms with Gasteiger partial charge in [-0.2, -0.15) is 11.8 Å². The highest BCUT2D eigenvalue weighted by atomic mass is 32.2. The van der Waals surface area contributed by atoms with Crippen molar-refractivity contribution in [2.75, 3.05) is 24.6 Å². The number of carboxylic acid groups (broad SMARTS) is 1. The van der Waals surface area contributed by atoms with E-state index in [0.29, 0.717) is 5.75 Å². The summed E-state index contributed by atoms with van der Waals surface area (Å²) in [6.45, 7) is 10.2. The molecule has 24 heavy (non-hydrogen) atoms. The van der Waals surface area contributed by atoms with E-state index in [-0.39, 0.29) is 42.8 Å². The maximum atomic E-state index is 11.8. The number of carbonyl (C=O) groups excluding carboxylic acids is 2. The molecule has 140 valence electrons. The van der Waals surface area contributed by atoms with Crippen LogP contribution in [-0.4, -0.2) is 59.6 Å². The molecule has 0 spiro atoms. The zero-order valence-corrected chi connectivity index (χ0v) is 16.1. The van der Waals surface area contributed by atoms with E-state index in [9.17, 15) is 14.4 Å². The topological polar surface area (TPSA) is 108 Å². The second-order valence-electron chi connectivity index (χ2n) is 7.16. The molecule has 7 nitrogen and oxygen atoms in total. The maximum absolute atomic E-state index is 11.8. The van der Waals surface area contributed by atoms with Gasteiger partial charge in [0.25, 0.3) is 0 Å². The lowest BCUT2D eigenvalue weighted by atomic mass is 10.0. The molecule has 0 saturated carbocycles. The lowest BCUT2D eigenvalue weighted by Gasteiger charge is -2.18. The number of thioether (sulfide) groups is 1. The van der Waals surface area contributed by atoms with Crippen LogP contribution in [0.4, 0.5) is 0 Å². The number of carbonyl (C=O) groups is 3. The molecular weight excluding hydrogens is 330 g/mol. The van der Waals surface area contributed by atoms with Gasteiger partial charge in [0.15, 0.2) is 0 Å². The maximum Gasteiger partial charge on any atom is 0.328 e. The van der Waals surface area contributed by atoms with Crippen LogP contribution in [0.2, 0.25) is 0 Å². The molecule has 0 aliphatic carbocycles. The van der Waals surface area contributed by atoms with Crippen molar-refractivity contribution in [3.05, 3.63) is 0 Å². The van der Waals surface area contributed by atoms with Gasteiger partial charge in [-0.05, 0) is 11.2 Å².